The van der Waals surface area contributed by atoms with Gasteiger partial charge in [-0.25, -0.2) is 4.79 Å². The van der Waals surface area contributed by atoms with Gasteiger partial charge in [0.15, 0.2) is 0 Å². The predicted molar refractivity (Wildman–Crippen MR) is 90.2 cm³/mol. The number of amides is 3. The maximum Gasteiger partial charge on any atom is 0.312 e. The average Bonchev–Trinajstić information content (AvgIpc) is 2.94. The van der Waals surface area contributed by atoms with Gasteiger partial charge in [0, 0.05) is 24.7 Å². The number of carbonyl (C=O) groups excluding carboxylic acids is 2. The molecule has 0 saturated carbocycles. The van der Waals surface area contributed by atoms with Crippen molar-refractivity contribution in [3.63, 3.8) is 0 Å². The molecule has 7 heteroatoms. The van der Waals surface area contributed by atoms with Crippen LogP contribution in [0, 0.1) is 12.8 Å². The number of nitrogens with two attached hydrogens (primary N) is 1. The summed E-state index contributed by atoms with van der Waals surface area (Å²) in [6, 6.07) is 5.26. The van der Waals surface area contributed by atoms with Crippen LogP contribution in [0.1, 0.15) is 17.5 Å². The summed E-state index contributed by atoms with van der Waals surface area (Å²) in [5, 5.41) is 5.91. The van der Waals surface area contributed by atoms with Gasteiger partial charge in [0.25, 0.3) is 0 Å². The number of primary amides is 1. The van der Waals surface area contributed by atoms with E-state index in [1.165, 1.54) is 11.1 Å². The van der Waals surface area contributed by atoms with Crippen LogP contribution in [0.25, 0.3) is 0 Å². The lowest BCUT2D eigenvalue weighted by Crippen LogP contribution is -2.41. The standard InChI is InChI=1S/C16H23ClN4O2/c1-11-3-2-4-14(17)13(11)10-21-6-5-12(9-21)7-19-15(22)8-20-16(18)23/h2-4,12H,5-10H2,1H3,(H,19,22)(H3,18,20,23). The Kier molecular flexibility index (Phi) is 6.24. The van der Waals surface area contributed by atoms with Gasteiger partial charge >= 0.3 is 6.03 Å². The number of carbonyl (C=O) groups is 2. The van der Waals surface area contributed by atoms with E-state index in [0.717, 1.165) is 31.1 Å². The van der Waals surface area contributed by atoms with Crippen molar-refractivity contribution in [3.8, 4) is 0 Å². The first-order valence-electron chi connectivity index (χ1n) is 7.72. The van der Waals surface area contributed by atoms with Crippen LogP contribution < -0.4 is 16.4 Å². The molecule has 6 nitrogen and oxygen atoms in total. The highest BCUT2D eigenvalue weighted by Gasteiger charge is 2.23. The lowest BCUT2D eigenvalue weighted by molar-refractivity contribution is -0.120. The minimum atomic E-state index is -0.692. The molecule has 3 amide bonds. The van der Waals surface area contributed by atoms with E-state index in [2.05, 4.69) is 28.5 Å². The fourth-order valence-electron chi connectivity index (χ4n) is 2.80. The highest BCUT2D eigenvalue weighted by molar-refractivity contribution is 6.31. The predicted octanol–water partition coefficient (Wildman–Crippen LogP) is 1.25. The molecule has 1 atom stereocenters. The minimum Gasteiger partial charge on any atom is -0.354 e. The van der Waals surface area contributed by atoms with Gasteiger partial charge in [-0.3, -0.25) is 9.69 Å². The van der Waals surface area contributed by atoms with Gasteiger partial charge in [0.2, 0.25) is 5.91 Å². The topological polar surface area (TPSA) is 87.5 Å². The van der Waals surface area contributed by atoms with Crippen LogP contribution in [-0.4, -0.2) is 43.0 Å². The number of rotatable bonds is 6. The van der Waals surface area contributed by atoms with E-state index in [0.29, 0.717) is 12.5 Å². The van der Waals surface area contributed by atoms with Gasteiger partial charge in [0.1, 0.15) is 0 Å². The molecule has 0 radical (unpaired) electrons. The van der Waals surface area contributed by atoms with Crippen molar-refractivity contribution in [2.45, 2.75) is 19.9 Å². The molecule has 0 aromatic heterocycles. The van der Waals surface area contributed by atoms with Gasteiger partial charge in [-0.1, -0.05) is 23.7 Å². The Morgan fingerprint density at radius 3 is 2.87 bits per heavy atom. The van der Waals surface area contributed by atoms with Crippen LogP contribution in [0.2, 0.25) is 5.02 Å². The van der Waals surface area contributed by atoms with Crippen molar-refractivity contribution in [3.05, 3.63) is 34.3 Å². The van der Waals surface area contributed by atoms with Crippen LogP contribution in [0.4, 0.5) is 4.79 Å². The second kappa shape index (κ2) is 8.17. The number of aryl methyl sites for hydroxylation is 1. The Labute approximate surface area is 141 Å². The zero-order valence-corrected chi connectivity index (χ0v) is 14.0. The van der Waals surface area contributed by atoms with Crippen molar-refractivity contribution in [2.24, 2.45) is 11.7 Å². The largest absolute Gasteiger partial charge is 0.354 e. The summed E-state index contributed by atoms with van der Waals surface area (Å²) in [7, 11) is 0. The van der Waals surface area contributed by atoms with Crippen molar-refractivity contribution < 1.29 is 9.59 Å². The highest BCUT2D eigenvalue weighted by atomic mass is 35.5. The van der Waals surface area contributed by atoms with Crippen LogP contribution in [0.15, 0.2) is 18.2 Å². The van der Waals surface area contributed by atoms with Gasteiger partial charge in [-0.2, -0.15) is 0 Å². The smallest absolute Gasteiger partial charge is 0.312 e. The third kappa shape index (κ3) is 5.41. The van der Waals surface area contributed by atoms with E-state index in [1.54, 1.807) is 0 Å². The van der Waals surface area contributed by atoms with Crippen LogP contribution in [0.5, 0.6) is 0 Å². The summed E-state index contributed by atoms with van der Waals surface area (Å²) in [6.07, 6.45) is 1.03. The number of likely N-dealkylation sites (tertiary alicyclic amines) is 1. The number of urea groups is 1. The highest BCUT2D eigenvalue weighted by Crippen LogP contribution is 2.24. The summed E-state index contributed by atoms with van der Waals surface area (Å²) in [5.41, 5.74) is 7.30. The van der Waals surface area contributed by atoms with Crippen LogP contribution in [-0.2, 0) is 11.3 Å². The molecule has 1 aromatic carbocycles. The van der Waals surface area contributed by atoms with Crippen molar-refractivity contribution >= 4 is 23.5 Å². The molecule has 126 valence electrons. The van der Waals surface area contributed by atoms with Crippen LogP contribution in [0.3, 0.4) is 0 Å². The van der Waals surface area contributed by atoms with Gasteiger partial charge in [0.05, 0.1) is 6.54 Å². The fraction of sp³-hybridized carbons (Fsp3) is 0.500. The van der Waals surface area contributed by atoms with E-state index in [1.807, 2.05) is 12.1 Å². The van der Waals surface area contributed by atoms with E-state index in [-0.39, 0.29) is 12.5 Å². The number of nitrogens with one attached hydrogen (secondary N) is 2. The maximum atomic E-state index is 11.6. The summed E-state index contributed by atoms with van der Waals surface area (Å²) < 4.78 is 0. The average molecular weight is 339 g/mol. The van der Waals surface area contributed by atoms with Gasteiger partial charge < -0.3 is 16.4 Å². The SMILES string of the molecule is Cc1cccc(Cl)c1CN1CCC(CNC(=O)CNC(N)=O)C1. The molecule has 0 aliphatic carbocycles. The van der Waals surface area contributed by atoms with Gasteiger partial charge in [-0.15, -0.1) is 0 Å². The normalized spacial score (nSPS) is 17.9. The van der Waals surface area contributed by atoms with E-state index in [9.17, 15) is 9.59 Å². The Bertz CT molecular complexity index is 559. The summed E-state index contributed by atoms with van der Waals surface area (Å²) in [5.74, 6) is 0.194. The molecule has 1 fully saturated rings. The minimum absolute atomic E-state index is 0.0788. The molecule has 1 heterocycles. The molecule has 4 N–H and O–H groups in total. The Morgan fingerprint density at radius 2 is 2.17 bits per heavy atom. The third-order valence-corrected chi connectivity index (χ3v) is 4.47. The fourth-order valence-corrected chi connectivity index (χ4v) is 3.08. The summed E-state index contributed by atoms with van der Waals surface area (Å²) >= 11 is 6.28. The molecule has 1 aromatic rings. The Morgan fingerprint density at radius 1 is 1.39 bits per heavy atom. The first-order valence-corrected chi connectivity index (χ1v) is 8.10. The summed E-state index contributed by atoms with van der Waals surface area (Å²) in [6.45, 7) is 5.35. The third-order valence-electron chi connectivity index (χ3n) is 4.12. The second-order valence-electron chi connectivity index (χ2n) is 5.95. The van der Waals surface area contributed by atoms with Crippen molar-refractivity contribution in [1.29, 1.82) is 0 Å². The molecule has 1 unspecified atom stereocenters. The molecule has 0 spiro atoms. The quantitative estimate of drug-likeness (QED) is 0.729. The Hall–Kier alpha value is -1.79. The number of hydrogen-bond donors (Lipinski definition) is 3. The molecule has 23 heavy (non-hydrogen) atoms. The van der Waals surface area contributed by atoms with Crippen LogP contribution >= 0.6 is 11.6 Å². The molecular formula is C16H23ClN4O2. The van der Waals surface area contributed by atoms with E-state index >= 15 is 0 Å². The zero-order chi connectivity index (χ0) is 16.8. The molecular weight excluding hydrogens is 316 g/mol. The lowest BCUT2D eigenvalue weighted by Gasteiger charge is -2.18. The van der Waals surface area contributed by atoms with E-state index in [4.69, 9.17) is 17.3 Å². The number of hydrogen-bond acceptors (Lipinski definition) is 3. The second-order valence-corrected chi connectivity index (χ2v) is 6.35. The van der Waals surface area contributed by atoms with Crippen molar-refractivity contribution in [1.82, 2.24) is 15.5 Å². The monoisotopic (exact) mass is 338 g/mol. The molecule has 1 aliphatic rings. The molecule has 2 rings (SSSR count). The van der Waals surface area contributed by atoms with E-state index < -0.39 is 6.03 Å². The number of benzene rings is 1. The van der Waals surface area contributed by atoms with Gasteiger partial charge in [-0.05, 0) is 43.0 Å². The number of halogens is 1. The first-order chi connectivity index (χ1) is 11.0. The Balaban J connectivity index is 1.76. The summed E-state index contributed by atoms with van der Waals surface area (Å²) in [4.78, 5) is 24.5. The number of nitrogens with zero attached hydrogens (tertiary/aromatic N) is 1. The molecule has 1 aliphatic heterocycles. The van der Waals surface area contributed by atoms with Crippen molar-refractivity contribution in [2.75, 3.05) is 26.2 Å². The first kappa shape index (κ1) is 17.6. The molecule has 1 saturated heterocycles. The zero-order valence-electron chi connectivity index (χ0n) is 13.3. The maximum absolute atomic E-state index is 11.6. The lowest BCUT2D eigenvalue weighted by atomic mass is 10.1. The molecule has 0 bridgehead atoms.